The van der Waals surface area contributed by atoms with Crippen molar-refractivity contribution in [2.45, 2.75) is 32.0 Å². The second-order valence-electron chi connectivity index (χ2n) is 6.36. The van der Waals surface area contributed by atoms with Crippen LogP contribution in [-0.2, 0) is 4.79 Å². The van der Waals surface area contributed by atoms with E-state index in [1.165, 1.54) is 5.56 Å². The number of hydrogen-bond acceptors (Lipinski definition) is 2. The van der Waals surface area contributed by atoms with Gasteiger partial charge in [0, 0.05) is 17.3 Å². The standard InChI is InChI=1S/C19H19ClN2O/c1-13-4-10-16(11-5-13)22-17-3-2-12-21(17)18(19(22)23)14-6-8-15(20)9-7-14/h4-11,17-18H,2-3,12H2,1H3/t17-,18+/m0/s1. The molecule has 0 saturated carbocycles. The van der Waals surface area contributed by atoms with E-state index in [9.17, 15) is 4.79 Å². The SMILES string of the molecule is Cc1ccc(N2C(=O)[C@@H](c3ccc(Cl)cc3)N3CCC[C@H]23)cc1. The molecule has 1 amide bonds. The second kappa shape index (κ2) is 5.66. The molecular formula is C19H19ClN2O. The van der Waals surface area contributed by atoms with Crippen molar-refractivity contribution in [2.75, 3.05) is 11.4 Å². The van der Waals surface area contributed by atoms with Gasteiger partial charge >= 0.3 is 0 Å². The Kier molecular flexibility index (Phi) is 3.63. The maximum Gasteiger partial charge on any atom is 0.250 e. The van der Waals surface area contributed by atoms with Crippen molar-refractivity contribution in [2.24, 2.45) is 0 Å². The summed E-state index contributed by atoms with van der Waals surface area (Å²) in [6.45, 7) is 3.03. The molecule has 2 heterocycles. The number of amides is 1. The Labute approximate surface area is 141 Å². The van der Waals surface area contributed by atoms with E-state index in [4.69, 9.17) is 11.6 Å². The van der Waals surface area contributed by atoms with Gasteiger partial charge in [-0.1, -0.05) is 41.4 Å². The minimum absolute atomic E-state index is 0.167. The van der Waals surface area contributed by atoms with E-state index in [0.717, 1.165) is 30.6 Å². The molecule has 2 aliphatic heterocycles. The Bertz CT molecular complexity index is 665. The maximum atomic E-state index is 13.1. The molecule has 118 valence electrons. The minimum Gasteiger partial charge on any atom is -0.294 e. The number of halogens is 1. The Morgan fingerprint density at radius 1 is 1.04 bits per heavy atom. The number of aryl methyl sites for hydroxylation is 1. The third-order valence-electron chi connectivity index (χ3n) is 4.86. The predicted octanol–water partition coefficient (Wildman–Crippen LogP) is 4.16. The molecule has 2 atom stereocenters. The molecular weight excluding hydrogens is 308 g/mol. The molecule has 0 bridgehead atoms. The molecule has 0 aromatic heterocycles. The molecule has 0 spiro atoms. The zero-order valence-corrected chi connectivity index (χ0v) is 13.8. The molecule has 2 fully saturated rings. The first-order chi connectivity index (χ1) is 11.1. The van der Waals surface area contributed by atoms with Crippen molar-refractivity contribution in [1.29, 1.82) is 0 Å². The lowest BCUT2D eigenvalue weighted by Gasteiger charge is -2.24. The van der Waals surface area contributed by atoms with Crippen molar-refractivity contribution in [1.82, 2.24) is 4.90 Å². The van der Waals surface area contributed by atoms with Crippen molar-refractivity contribution in [3.05, 3.63) is 64.7 Å². The maximum absolute atomic E-state index is 13.1. The Morgan fingerprint density at radius 3 is 2.43 bits per heavy atom. The molecule has 0 N–H and O–H groups in total. The first-order valence-electron chi connectivity index (χ1n) is 8.06. The first-order valence-corrected chi connectivity index (χ1v) is 8.44. The average molecular weight is 327 g/mol. The highest BCUT2D eigenvalue weighted by molar-refractivity contribution is 6.30. The molecule has 2 saturated heterocycles. The first kappa shape index (κ1) is 14.7. The van der Waals surface area contributed by atoms with Crippen LogP contribution in [0.1, 0.15) is 30.0 Å². The summed E-state index contributed by atoms with van der Waals surface area (Å²) in [6.07, 6.45) is 2.33. The molecule has 2 aromatic rings. The fourth-order valence-electron chi connectivity index (χ4n) is 3.75. The fraction of sp³-hybridized carbons (Fsp3) is 0.316. The van der Waals surface area contributed by atoms with Crippen LogP contribution in [0.3, 0.4) is 0 Å². The normalized spacial score (nSPS) is 24.3. The summed E-state index contributed by atoms with van der Waals surface area (Å²) in [4.78, 5) is 17.4. The van der Waals surface area contributed by atoms with Crippen molar-refractivity contribution in [3.8, 4) is 0 Å². The second-order valence-corrected chi connectivity index (χ2v) is 6.79. The van der Waals surface area contributed by atoms with Crippen LogP contribution in [0.4, 0.5) is 5.69 Å². The molecule has 4 rings (SSSR count). The summed E-state index contributed by atoms with van der Waals surface area (Å²) in [5, 5.41) is 0.701. The summed E-state index contributed by atoms with van der Waals surface area (Å²) in [6, 6.07) is 15.7. The largest absolute Gasteiger partial charge is 0.294 e. The third-order valence-corrected chi connectivity index (χ3v) is 5.11. The Morgan fingerprint density at radius 2 is 1.74 bits per heavy atom. The summed E-state index contributed by atoms with van der Waals surface area (Å²) < 4.78 is 0. The number of hydrogen-bond donors (Lipinski definition) is 0. The van der Waals surface area contributed by atoms with Gasteiger partial charge in [-0.3, -0.25) is 14.6 Å². The molecule has 23 heavy (non-hydrogen) atoms. The molecule has 2 aliphatic rings. The van der Waals surface area contributed by atoms with Crippen LogP contribution in [0, 0.1) is 6.92 Å². The fourth-order valence-corrected chi connectivity index (χ4v) is 3.88. The van der Waals surface area contributed by atoms with Gasteiger partial charge in [0.25, 0.3) is 0 Å². The third kappa shape index (κ3) is 2.44. The highest BCUT2D eigenvalue weighted by Crippen LogP contribution is 2.41. The van der Waals surface area contributed by atoms with Crippen molar-refractivity contribution < 1.29 is 4.79 Å². The number of carbonyl (C=O) groups excluding carboxylic acids is 1. The zero-order valence-electron chi connectivity index (χ0n) is 13.1. The van der Waals surface area contributed by atoms with E-state index in [-0.39, 0.29) is 18.1 Å². The summed E-state index contributed by atoms with van der Waals surface area (Å²) >= 11 is 6.00. The van der Waals surface area contributed by atoms with Gasteiger partial charge < -0.3 is 0 Å². The molecule has 3 nitrogen and oxygen atoms in total. The molecule has 0 radical (unpaired) electrons. The van der Waals surface area contributed by atoms with E-state index in [0.29, 0.717) is 5.02 Å². The van der Waals surface area contributed by atoms with Crippen LogP contribution < -0.4 is 4.90 Å². The Balaban J connectivity index is 1.73. The van der Waals surface area contributed by atoms with Gasteiger partial charge in [-0.15, -0.1) is 0 Å². The van der Waals surface area contributed by atoms with Crippen molar-refractivity contribution >= 4 is 23.2 Å². The van der Waals surface area contributed by atoms with E-state index in [2.05, 4.69) is 24.0 Å². The van der Waals surface area contributed by atoms with Gasteiger partial charge in [-0.25, -0.2) is 0 Å². The number of carbonyl (C=O) groups is 1. The number of fused-ring (bicyclic) bond motifs is 1. The summed E-state index contributed by atoms with van der Waals surface area (Å²) in [5.41, 5.74) is 3.23. The minimum atomic E-state index is -0.193. The van der Waals surface area contributed by atoms with E-state index >= 15 is 0 Å². The highest BCUT2D eigenvalue weighted by Gasteiger charge is 2.49. The molecule has 0 aliphatic carbocycles. The van der Waals surface area contributed by atoms with Gasteiger partial charge in [0.15, 0.2) is 0 Å². The number of benzene rings is 2. The van der Waals surface area contributed by atoms with E-state index < -0.39 is 0 Å². The van der Waals surface area contributed by atoms with E-state index in [1.807, 2.05) is 41.3 Å². The van der Waals surface area contributed by atoms with Gasteiger partial charge in [-0.2, -0.15) is 0 Å². The molecule has 2 aromatic carbocycles. The van der Waals surface area contributed by atoms with Gasteiger partial charge in [0.2, 0.25) is 5.91 Å². The summed E-state index contributed by atoms with van der Waals surface area (Å²) in [5.74, 6) is 0.167. The lowest BCUT2D eigenvalue weighted by molar-refractivity contribution is -0.119. The van der Waals surface area contributed by atoms with Gasteiger partial charge in [0.05, 0.1) is 6.17 Å². The molecule has 0 unspecified atom stereocenters. The topological polar surface area (TPSA) is 23.6 Å². The smallest absolute Gasteiger partial charge is 0.250 e. The zero-order chi connectivity index (χ0) is 16.0. The summed E-state index contributed by atoms with van der Waals surface area (Å²) in [7, 11) is 0. The lowest BCUT2D eigenvalue weighted by atomic mass is 10.1. The number of nitrogens with zero attached hydrogens (tertiary/aromatic N) is 2. The van der Waals surface area contributed by atoms with Crippen LogP contribution in [0.25, 0.3) is 0 Å². The monoisotopic (exact) mass is 326 g/mol. The van der Waals surface area contributed by atoms with Crippen molar-refractivity contribution in [3.63, 3.8) is 0 Å². The van der Waals surface area contributed by atoms with Crippen LogP contribution in [0.2, 0.25) is 5.02 Å². The lowest BCUT2D eigenvalue weighted by Crippen LogP contribution is -2.35. The van der Waals surface area contributed by atoms with Gasteiger partial charge in [-0.05, 0) is 49.6 Å². The van der Waals surface area contributed by atoms with Crippen LogP contribution >= 0.6 is 11.6 Å². The van der Waals surface area contributed by atoms with Crippen LogP contribution in [0.5, 0.6) is 0 Å². The quantitative estimate of drug-likeness (QED) is 0.827. The van der Waals surface area contributed by atoms with Gasteiger partial charge in [0.1, 0.15) is 6.04 Å². The number of anilines is 1. The van der Waals surface area contributed by atoms with E-state index in [1.54, 1.807) is 0 Å². The highest BCUT2D eigenvalue weighted by atomic mass is 35.5. The number of rotatable bonds is 2. The van der Waals surface area contributed by atoms with Crippen LogP contribution in [0.15, 0.2) is 48.5 Å². The van der Waals surface area contributed by atoms with Crippen LogP contribution in [-0.4, -0.2) is 23.5 Å². The molecule has 4 heteroatoms. The Hall–Kier alpha value is -1.84. The predicted molar refractivity (Wildman–Crippen MR) is 92.6 cm³/mol. The average Bonchev–Trinajstić information content (AvgIpc) is 3.10.